The summed E-state index contributed by atoms with van der Waals surface area (Å²) >= 11 is 7.37. The van der Waals surface area contributed by atoms with Gasteiger partial charge in [0.05, 0.1) is 22.6 Å². The van der Waals surface area contributed by atoms with Crippen molar-refractivity contribution < 1.29 is 4.79 Å². The first kappa shape index (κ1) is 14.6. The molecule has 0 atom stereocenters. The molecule has 6 heteroatoms. The fraction of sp³-hybridized carbons (Fsp3) is 0.467. The van der Waals surface area contributed by atoms with Crippen molar-refractivity contribution in [1.82, 2.24) is 14.7 Å². The van der Waals surface area contributed by atoms with Gasteiger partial charge in [-0.2, -0.15) is 5.10 Å². The molecule has 0 N–H and O–H groups in total. The molecule has 0 unspecified atom stereocenters. The average Bonchev–Trinajstić information content (AvgIpc) is 3.09. The fourth-order valence-electron chi connectivity index (χ4n) is 2.55. The quantitative estimate of drug-likeness (QED) is 0.866. The normalized spacial score (nSPS) is 16.4. The Bertz CT molecular complexity index is 628. The van der Waals surface area contributed by atoms with E-state index in [0.717, 1.165) is 42.3 Å². The molecular formula is C15H18ClN3OS. The van der Waals surface area contributed by atoms with Crippen LogP contribution in [0.3, 0.4) is 0 Å². The van der Waals surface area contributed by atoms with Gasteiger partial charge in [-0.15, -0.1) is 11.3 Å². The van der Waals surface area contributed by atoms with Crippen molar-refractivity contribution in [2.24, 2.45) is 5.92 Å². The van der Waals surface area contributed by atoms with E-state index in [9.17, 15) is 4.79 Å². The monoisotopic (exact) mass is 323 g/mol. The fourth-order valence-corrected chi connectivity index (χ4v) is 3.58. The van der Waals surface area contributed by atoms with E-state index in [-0.39, 0.29) is 5.91 Å². The molecule has 3 rings (SSSR count). The van der Waals surface area contributed by atoms with E-state index in [0.29, 0.717) is 11.6 Å². The lowest BCUT2D eigenvalue weighted by Gasteiger charge is -2.29. The van der Waals surface area contributed by atoms with Gasteiger partial charge in [-0.1, -0.05) is 18.5 Å². The van der Waals surface area contributed by atoms with Gasteiger partial charge in [-0.25, -0.2) is 0 Å². The minimum Gasteiger partial charge on any atom is -0.338 e. The van der Waals surface area contributed by atoms with Gasteiger partial charge in [0.15, 0.2) is 0 Å². The Morgan fingerprint density at radius 3 is 2.90 bits per heavy atom. The highest BCUT2D eigenvalue weighted by molar-refractivity contribution is 7.12. The molecule has 0 spiro atoms. The van der Waals surface area contributed by atoms with Crippen molar-refractivity contribution in [3.05, 3.63) is 39.3 Å². The van der Waals surface area contributed by atoms with Crippen molar-refractivity contribution in [3.63, 3.8) is 0 Å². The summed E-state index contributed by atoms with van der Waals surface area (Å²) in [5.41, 5.74) is 1.09. The predicted molar refractivity (Wildman–Crippen MR) is 85.0 cm³/mol. The molecule has 2 aromatic rings. The van der Waals surface area contributed by atoms with Gasteiger partial charge in [0.25, 0.3) is 5.91 Å². The van der Waals surface area contributed by atoms with E-state index in [2.05, 4.69) is 12.0 Å². The number of thiophene rings is 1. The first-order valence-corrected chi connectivity index (χ1v) is 8.42. The Labute approximate surface area is 133 Å². The lowest BCUT2D eigenvalue weighted by Crippen LogP contribution is -2.37. The van der Waals surface area contributed by atoms with Gasteiger partial charge < -0.3 is 4.90 Å². The van der Waals surface area contributed by atoms with Crippen LogP contribution in [0.5, 0.6) is 0 Å². The highest BCUT2D eigenvalue weighted by atomic mass is 35.5. The molecule has 21 heavy (non-hydrogen) atoms. The van der Waals surface area contributed by atoms with Crippen LogP contribution in [0.2, 0.25) is 5.02 Å². The zero-order valence-corrected chi connectivity index (χ0v) is 13.5. The molecule has 0 aliphatic carbocycles. The molecule has 2 aromatic heterocycles. The van der Waals surface area contributed by atoms with Crippen LogP contribution in [0, 0.1) is 5.92 Å². The third-order valence-corrected chi connectivity index (χ3v) is 5.04. The maximum absolute atomic E-state index is 12.5. The SMILES string of the molecule is CC1CCN(C(=O)c2cc(Cn3cc(Cl)cn3)cs2)CC1. The molecule has 112 valence electrons. The number of amides is 1. The van der Waals surface area contributed by atoms with Gasteiger partial charge in [-0.3, -0.25) is 9.48 Å². The highest BCUT2D eigenvalue weighted by Gasteiger charge is 2.22. The maximum atomic E-state index is 12.5. The minimum absolute atomic E-state index is 0.164. The molecule has 0 bridgehead atoms. The Kier molecular flexibility index (Phi) is 4.31. The number of nitrogens with zero attached hydrogens (tertiary/aromatic N) is 3. The summed E-state index contributed by atoms with van der Waals surface area (Å²) in [5.74, 6) is 0.897. The molecule has 1 aliphatic rings. The number of aromatic nitrogens is 2. The van der Waals surface area contributed by atoms with Crippen molar-refractivity contribution in [3.8, 4) is 0 Å². The number of likely N-dealkylation sites (tertiary alicyclic amines) is 1. The van der Waals surface area contributed by atoms with Crippen LogP contribution in [-0.2, 0) is 6.54 Å². The summed E-state index contributed by atoms with van der Waals surface area (Å²) in [6, 6.07) is 1.97. The third-order valence-electron chi connectivity index (χ3n) is 3.88. The van der Waals surface area contributed by atoms with Gasteiger partial charge in [0.1, 0.15) is 0 Å². The van der Waals surface area contributed by atoms with E-state index < -0.39 is 0 Å². The molecule has 0 aromatic carbocycles. The van der Waals surface area contributed by atoms with E-state index in [1.165, 1.54) is 11.3 Å². The molecule has 1 saturated heterocycles. The van der Waals surface area contributed by atoms with Crippen LogP contribution < -0.4 is 0 Å². The Hall–Kier alpha value is -1.33. The topological polar surface area (TPSA) is 38.1 Å². The Morgan fingerprint density at radius 1 is 1.48 bits per heavy atom. The number of carbonyl (C=O) groups excluding carboxylic acids is 1. The molecular weight excluding hydrogens is 306 g/mol. The van der Waals surface area contributed by atoms with Gasteiger partial charge >= 0.3 is 0 Å². The number of hydrogen-bond acceptors (Lipinski definition) is 3. The molecule has 3 heterocycles. The summed E-state index contributed by atoms with van der Waals surface area (Å²) in [4.78, 5) is 15.3. The summed E-state index contributed by atoms with van der Waals surface area (Å²) in [6.07, 6.45) is 5.62. The van der Waals surface area contributed by atoms with Gasteiger partial charge in [0.2, 0.25) is 0 Å². The summed E-state index contributed by atoms with van der Waals surface area (Å²) in [5, 5.41) is 6.81. The standard InChI is InChI=1S/C15H18ClN3OS/c1-11-2-4-18(5-3-11)15(20)14-6-12(10-21-14)8-19-9-13(16)7-17-19/h6-7,9-11H,2-5,8H2,1H3. The molecule has 0 saturated carbocycles. The largest absolute Gasteiger partial charge is 0.338 e. The number of rotatable bonds is 3. The number of hydrogen-bond donors (Lipinski definition) is 0. The second-order valence-electron chi connectivity index (χ2n) is 5.65. The maximum Gasteiger partial charge on any atom is 0.263 e. The molecule has 1 amide bonds. The average molecular weight is 324 g/mol. The second-order valence-corrected chi connectivity index (χ2v) is 7.00. The molecule has 4 nitrogen and oxygen atoms in total. The zero-order valence-electron chi connectivity index (χ0n) is 12.0. The Balaban J connectivity index is 1.65. The van der Waals surface area contributed by atoms with Crippen LogP contribution in [0.4, 0.5) is 0 Å². The van der Waals surface area contributed by atoms with Crippen LogP contribution in [0.25, 0.3) is 0 Å². The number of halogens is 1. The van der Waals surface area contributed by atoms with E-state index in [4.69, 9.17) is 11.6 Å². The van der Waals surface area contributed by atoms with Crippen molar-refractivity contribution >= 4 is 28.8 Å². The second kappa shape index (κ2) is 6.20. The van der Waals surface area contributed by atoms with Crippen molar-refractivity contribution in [2.45, 2.75) is 26.3 Å². The van der Waals surface area contributed by atoms with Crippen LogP contribution in [0.15, 0.2) is 23.8 Å². The first-order valence-electron chi connectivity index (χ1n) is 7.16. The van der Waals surface area contributed by atoms with Crippen LogP contribution >= 0.6 is 22.9 Å². The third kappa shape index (κ3) is 3.47. The van der Waals surface area contributed by atoms with E-state index >= 15 is 0 Å². The zero-order chi connectivity index (χ0) is 14.8. The summed E-state index contributed by atoms with van der Waals surface area (Å²) < 4.78 is 1.78. The van der Waals surface area contributed by atoms with E-state index in [1.807, 2.05) is 16.3 Å². The Morgan fingerprint density at radius 2 is 2.24 bits per heavy atom. The molecule has 0 radical (unpaired) electrons. The van der Waals surface area contributed by atoms with Crippen molar-refractivity contribution in [1.29, 1.82) is 0 Å². The van der Waals surface area contributed by atoms with Crippen LogP contribution in [-0.4, -0.2) is 33.7 Å². The molecule has 1 fully saturated rings. The summed E-state index contributed by atoms with van der Waals surface area (Å²) in [6.45, 7) is 4.65. The smallest absolute Gasteiger partial charge is 0.263 e. The van der Waals surface area contributed by atoms with Gasteiger partial charge in [-0.05, 0) is 35.8 Å². The first-order chi connectivity index (χ1) is 10.1. The van der Waals surface area contributed by atoms with Crippen molar-refractivity contribution in [2.75, 3.05) is 13.1 Å². The predicted octanol–water partition coefficient (Wildman–Crippen LogP) is 3.52. The highest BCUT2D eigenvalue weighted by Crippen LogP contribution is 2.22. The minimum atomic E-state index is 0.164. The molecule has 1 aliphatic heterocycles. The lowest BCUT2D eigenvalue weighted by molar-refractivity contribution is 0.0702. The summed E-state index contributed by atoms with van der Waals surface area (Å²) in [7, 11) is 0. The van der Waals surface area contributed by atoms with Crippen LogP contribution in [0.1, 0.15) is 35.0 Å². The van der Waals surface area contributed by atoms with Gasteiger partial charge in [0, 0.05) is 19.3 Å². The number of piperidine rings is 1. The number of carbonyl (C=O) groups is 1. The van der Waals surface area contributed by atoms with E-state index in [1.54, 1.807) is 17.1 Å². The lowest BCUT2D eigenvalue weighted by atomic mass is 9.99.